The Bertz CT molecular complexity index is 862. The topological polar surface area (TPSA) is 48.7 Å². The molecule has 0 N–H and O–H groups in total. The molecule has 0 atom stereocenters. The lowest BCUT2D eigenvalue weighted by Gasteiger charge is -2.13. The van der Waals surface area contributed by atoms with Crippen molar-refractivity contribution in [2.45, 2.75) is 6.92 Å². The van der Waals surface area contributed by atoms with E-state index in [2.05, 4.69) is 0 Å². The van der Waals surface area contributed by atoms with Crippen LogP contribution in [-0.2, 0) is 0 Å². The zero-order chi connectivity index (χ0) is 14.3. The molecule has 2 aromatic carbocycles. The number of fused-ring (bicyclic) bond motifs is 2. The number of aryl methyl sites for hydroxylation is 1. The summed E-state index contributed by atoms with van der Waals surface area (Å²) in [5.41, 5.74) is 1.81. The highest BCUT2D eigenvalue weighted by Crippen LogP contribution is 2.37. The molecule has 3 aromatic rings. The van der Waals surface area contributed by atoms with E-state index in [9.17, 15) is 4.79 Å². The quantitative estimate of drug-likeness (QED) is 0.670. The average molecular weight is 270 g/mol. The zero-order valence-corrected chi connectivity index (χ0v) is 11.5. The zero-order valence-electron chi connectivity index (χ0n) is 11.5. The van der Waals surface area contributed by atoms with Crippen LogP contribution in [-0.4, -0.2) is 14.2 Å². The van der Waals surface area contributed by atoms with Gasteiger partial charge in [0, 0.05) is 0 Å². The molecule has 0 spiro atoms. The fourth-order valence-electron chi connectivity index (χ4n) is 2.48. The number of hydrogen-bond donors (Lipinski definition) is 0. The van der Waals surface area contributed by atoms with E-state index >= 15 is 0 Å². The van der Waals surface area contributed by atoms with E-state index in [0.29, 0.717) is 33.4 Å². The Morgan fingerprint density at radius 2 is 1.70 bits per heavy atom. The number of ether oxygens (including phenoxy) is 2. The second-order valence-electron chi connectivity index (χ2n) is 4.56. The van der Waals surface area contributed by atoms with Gasteiger partial charge in [-0.1, -0.05) is 12.1 Å². The molecule has 102 valence electrons. The van der Waals surface area contributed by atoms with E-state index in [-0.39, 0.29) is 5.43 Å². The Morgan fingerprint density at radius 1 is 1.00 bits per heavy atom. The third-order valence-corrected chi connectivity index (χ3v) is 3.37. The molecule has 0 saturated carbocycles. The molecule has 0 radical (unpaired) electrons. The minimum absolute atomic E-state index is 0.114. The van der Waals surface area contributed by atoms with Gasteiger partial charge in [0.25, 0.3) is 0 Å². The van der Waals surface area contributed by atoms with Crippen LogP contribution in [0.1, 0.15) is 5.56 Å². The van der Waals surface area contributed by atoms with Gasteiger partial charge in [-0.25, -0.2) is 0 Å². The van der Waals surface area contributed by atoms with Crippen molar-refractivity contribution in [3.8, 4) is 11.5 Å². The largest absolute Gasteiger partial charge is 0.493 e. The maximum Gasteiger partial charge on any atom is 0.204 e. The van der Waals surface area contributed by atoms with Crippen LogP contribution in [0.4, 0.5) is 0 Å². The summed E-state index contributed by atoms with van der Waals surface area (Å²) in [7, 11) is 3.07. The van der Waals surface area contributed by atoms with Crippen LogP contribution >= 0.6 is 0 Å². The number of para-hydroxylation sites is 1. The number of rotatable bonds is 2. The van der Waals surface area contributed by atoms with Crippen molar-refractivity contribution in [3.05, 3.63) is 46.1 Å². The predicted octanol–water partition coefficient (Wildman–Crippen LogP) is 3.27. The first kappa shape index (κ1) is 12.5. The minimum Gasteiger partial charge on any atom is -0.493 e. The molecule has 0 amide bonds. The fourth-order valence-corrected chi connectivity index (χ4v) is 2.48. The first-order chi connectivity index (χ1) is 9.67. The van der Waals surface area contributed by atoms with Crippen LogP contribution in [0.5, 0.6) is 11.5 Å². The van der Waals surface area contributed by atoms with Crippen molar-refractivity contribution in [2.75, 3.05) is 14.2 Å². The van der Waals surface area contributed by atoms with Crippen LogP contribution in [0.3, 0.4) is 0 Å². The molecule has 20 heavy (non-hydrogen) atoms. The molecular formula is C16H14O4. The van der Waals surface area contributed by atoms with Gasteiger partial charge in [-0.2, -0.15) is 0 Å². The standard InChI is InChI=1S/C16H14O4/c1-9-8-12-13(16(19-3)15(9)18-2)14(17)10-6-4-5-7-11(10)20-12/h4-8H,1-3H3. The monoisotopic (exact) mass is 270 g/mol. The van der Waals surface area contributed by atoms with E-state index < -0.39 is 0 Å². The lowest BCUT2D eigenvalue weighted by Crippen LogP contribution is -2.06. The second kappa shape index (κ2) is 4.56. The summed E-state index contributed by atoms with van der Waals surface area (Å²) < 4.78 is 16.5. The van der Waals surface area contributed by atoms with Gasteiger partial charge >= 0.3 is 0 Å². The van der Waals surface area contributed by atoms with Crippen LogP contribution < -0.4 is 14.9 Å². The lowest BCUT2D eigenvalue weighted by molar-refractivity contribution is 0.356. The van der Waals surface area contributed by atoms with E-state index in [0.717, 1.165) is 5.56 Å². The Labute approximate surface area is 115 Å². The summed E-state index contributed by atoms with van der Waals surface area (Å²) in [4.78, 5) is 12.7. The maximum atomic E-state index is 12.7. The third kappa shape index (κ3) is 1.65. The minimum atomic E-state index is -0.114. The molecule has 1 heterocycles. The molecule has 1 aromatic heterocycles. The van der Waals surface area contributed by atoms with Crippen molar-refractivity contribution in [1.29, 1.82) is 0 Å². The van der Waals surface area contributed by atoms with Gasteiger partial charge < -0.3 is 13.9 Å². The highest BCUT2D eigenvalue weighted by molar-refractivity contribution is 5.95. The Hall–Kier alpha value is -2.49. The SMILES string of the molecule is COc1c(C)cc2oc3ccccc3c(=O)c2c1OC. The van der Waals surface area contributed by atoms with Gasteiger partial charge in [0.2, 0.25) is 5.43 Å². The number of hydrogen-bond acceptors (Lipinski definition) is 4. The number of methoxy groups -OCH3 is 2. The first-order valence-electron chi connectivity index (χ1n) is 6.24. The molecule has 3 rings (SSSR count). The molecule has 0 bridgehead atoms. The Morgan fingerprint density at radius 3 is 2.40 bits per heavy atom. The highest BCUT2D eigenvalue weighted by Gasteiger charge is 2.18. The van der Waals surface area contributed by atoms with Gasteiger partial charge in [0.05, 0.1) is 19.6 Å². The van der Waals surface area contributed by atoms with E-state index in [1.807, 2.05) is 19.1 Å². The van der Waals surface area contributed by atoms with Gasteiger partial charge in [0.15, 0.2) is 11.5 Å². The average Bonchev–Trinajstić information content (AvgIpc) is 2.46. The molecular weight excluding hydrogens is 256 g/mol. The van der Waals surface area contributed by atoms with E-state index in [1.54, 1.807) is 25.3 Å². The number of benzene rings is 2. The molecule has 0 aliphatic heterocycles. The molecule has 0 unspecified atom stereocenters. The van der Waals surface area contributed by atoms with Crippen LogP contribution in [0, 0.1) is 6.92 Å². The predicted molar refractivity (Wildman–Crippen MR) is 77.8 cm³/mol. The summed E-state index contributed by atoms with van der Waals surface area (Å²) in [6, 6.07) is 8.97. The fraction of sp³-hybridized carbons (Fsp3) is 0.188. The van der Waals surface area contributed by atoms with Gasteiger partial charge in [-0.3, -0.25) is 4.79 Å². The van der Waals surface area contributed by atoms with E-state index in [1.165, 1.54) is 7.11 Å². The van der Waals surface area contributed by atoms with Gasteiger partial charge in [0.1, 0.15) is 16.6 Å². The molecule has 0 aliphatic rings. The summed E-state index contributed by atoms with van der Waals surface area (Å²) in [5.74, 6) is 0.976. The summed E-state index contributed by atoms with van der Waals surface area (Å²) in [6.45, 7) is 1.88. The van der Waals surface area contributed by atoms with Crippen LogP contribution in [0.25, 0.3) is 21.9 Å². The lowest BCUT2D eigenvalue weighted by atomic mass is 10.1. The Kier molecular flexibility index (Phi) is 2.86. The Balaban J connectivity index is 2.59. The smallest absolute Gasteiger partial charge is 0.204 e. The van der Waals surface area contributed by atoms with Gasteiger partial charge in [-0.05, 0) is 30.7 Å². The van der Waals surface area contributed by atoms with Crippen LogP contribution in [0.15, 0.2) is 39.5 Å². The summed E-state index contributed by atoms with van der Waals surface area (Å²) >= 11 is 0. The van der Waals surface area contributed by atoms with Gasteiger partial charge in [-0.15, -0.1) is 0 Å². The highest BCUT2D eigenvalue weighted by atomic mass is 16.5. The van der Waals surface area contributed by atoms with Crippen molar-refractivity contribution in [1.82, 2.24) is 0 Å². The van der Waals surface area contributed by atoms with Crippen molar-refractivity contribution >= 4 is 21.9 Å². The first-order valence-corrected chi connectivity index (χ1v) is 6.24. The normalized spacial score (nSPS) is 10.9. The van der Waals surface area contributed by atoms with Crippen molar-refractivity contribution in [3.63, 3.8) is 0 Å². The summed E-state index contributed by atoms with van der Waals surface area (Å²) in [5, 5.41) is 0.942. The maximum absolute atomic E-state index is 12.7. The van der Waals surface area contributed by atoms with Crippen molar-refractivity contribution in [2.24, 2.45) is 0 Å². The van der Waals surface area contributed by atoms with Crippen LogP contribution in [0.2, 0.25) is 0 Å². The summed E-state index contributed by atoms with van der Waals surface area (Å²) in [6.07, 6.45) is 0. The van der Waals surface area contributed by atoms with Crippen molar-refractivity contribution < 1.29 is 13.9 Å². The molecule has 4 heteroatoms. The molecule has 0 saturated heterocycles. The van der Waals surface area contributed by atoms with E-state index in [4.69, 9.17) is 13.9 Å². The molecule has 0 fully saturated rings. The second-order valence-corrected chi connectivity index (χ2v) is 4.56. The third-order valence-electron chi connectivity index (χ3n) is 3.37. The molecule has 4 nitrogen and oxygen atoms in total. The molecule has 0 aliphatic carbocycles.